The molecule has 0 aliphatic heterocycles. The van der Waals surface area contributed by atoms with Gasteiger partial charge >= 0.3 is 5.91 Å². The highest BCUT2D eigenvalue weighted by molar-refractivity contribution is 6.01. The normalized spacial score (nSPS) is 13.2. The topological polar surface area (TPSA) is 100 Å². The Bertz CT molecular complexity index is 1060. The first kappa shape index (κ1) is 17.8. The molecule has 7 nitrogen and oxygen atoms in total. The van der Waals surface area contributed by atoms with E-state index in [9.17, 15) is 14.4 Å². The van der Waals surface area contributed by atoms with Gasteiger partial charge in [0.1, 0.15) is 5.58 Å². The van der Waals surface area contributed by atoms with E-state index in [2.05, 4.69) is 16.2 Å². The van der Waals surface area contributed by atoms with Gasteiger partial charge in [-0.2, -0.15) is 0 Å². The van der Waals surface area contributed by atoms with Crippen LogP contribution in [0.5, 0.6) is 0 Å². The van der Waals surface area contributed by atoms with Gasteiger partial charge in [-0.15, -0.1) is 0 Å². The highest BCUT2D eigenvalue weighted by Gasteiger charge is 2.29. The molecule has 0 bridgehead atoms. The summed E-state index contributed by atoms with van der Waals surface area (Å²) in [7, 11) is 0. The van der Waals surface area contributed by atoms with E-state index in [4.69, 9.17) is 4.42 Å². The van der Waals surface area contributed by atoms with Crippen LogP contribution in [0.2, 0.25) is 0 Å². The van der Waals surface area contributed by atoms with E-state index in [0.29, 0.717) is 22.4 Å². The van der Waals surface area contributed by atoms with Crippen LogP contribution in [0.1, 0.15) is 39.3 Å². The molecule has 3 amide bonds. The van der Waals surface area contributed by atoms with E-state index in [1.165, 1.54) is 0 Å². The van der Waals surface area contributed by atoms with Gasteiger partial charge in [0.15, 0.2) is 5.76 Å². The molecule has 2 aromatic carbocycles. The predicted molar refractivity (Wildman–Crippen MR) is 104 cm³/mol. The molecule has 1 heterocycles. The molecule has 0 radical (unpaired) electrons. The Morgan fingerprint density at radius 3 is 2.29 bits per heavy atom. The molecule has 0 spiro atoms. The summed E-state index contributed by atoms with van der Waals surface area (Å²) in [5, 5.41) is 3.66. The zero-order valence-corrected chi connectivity index (χ0v) is 15.2. The third kappa shape index (κ3) is 3.59. The van der Waals surface area contributed by atoms with Crippen LogP contribution < -0.4 is 16.2 Å². The number of fused-ring (bicyclic) bond motifs is 1. The summed E-state index contributed by atoms with van der Waals surface area (Å²) < 4.78 is 5.57. The predicted octanol–water partition coefficient (Wildman–Crippen LogP) is 3.16. The summed E-state index contributed by atoms with van der Waals surface area (Å²) in [6.07, 6.45) is 1.85. The maximum absolute atomic E-state index is 12.3. The number of rotatable bonds is 4. The molecule has 142 valence electrons. The first-order chi connectivity index (χ1) is 13.5. The van der Waals surface area contributed by atoms with E-state index >= 15 is 0 Å². The van der Waals surface area contributed by atoms with Gasteiger partial charge < -0.3 is 9.73 Å². The Morgan fingerprint density at radius 2 is 1.61 bits per heavy atom. The van der Waals surface area contributed by atoms with E-state index in [0.717, 1.165) is 18.2 Å². The van der Waals surface area contributed by atoms with Gasteiger partial charge in [0.05, 0.1) is 0 Å². The molecule has 7 heteroatoms. The van der Waals surface area contributed by atoms with Crippen LogP contribution in [0.4, 0.5) is 5.69 Å². The number of para-hydroxylation sites is 1. The number of furan rings is 1. The average Bonchev–Trinajstić information content (AvgIpc) is 3.51. The quantitative estimate of drug-likeness (QED) is 0.608. The second-order valence-electron chi connectivity index (χ2n) is 6.80. The average molecular weight is 377 g/mol. The van der Waals surface area contributed by atoms with Gasteiger partial charge in [-0.3, -0.25) is 25.2 Å². The lowest BCUT2D eigenvalue weighted by atomic mass is 10.1. The maximum Gasteiger partial charge on any atom is 0.305 e. The first-order valence-corrected chi connectivity index (χ1v) is 9.02. The van der Waals surface area contributed by atoms with Gasteiger partial charge in [-0.1, -0.05) is 18.2 Å². The van der Waals surface area contributed by atoms with Crippen LogP contribution in [0, 0.1) is 12.8 Å². The van der Waals surface area contributed by atoms with Crippen LogP contribution in [-0.2, 0) is 4.79 Å². The van der Waals surface area contributed by atoms with Crippen molar-refractivity contribution in [1.82, 2.24) is 10.9 Å². The lowest BCUT2D eigenvalue weighted by Crippen LogP contribution is -2.41. The molecule has 0 saturated heterocycles. The van der Waals surface area contributed by atoms with Crippen molar-refractivity contribution in [1.29, 1.82) is 0 Å². The highest BCUT2D eigenvalue weighted by atomic mass is 16.3. The largest absolute Gasteiger partial charge is 0.451 e. The third-order valence-corrected chi connectivity index (χ3v) is 4.70. The molecule has 1 aliphatic rings. The second-order valence-corrected chi connectivity index (χ2v) is 6.80. The molecular formula is C21H19N3O4. The summed E-state index contributed by atoms with van der Waals surface area (Å²) in [6, 6.07) is 13.8. The highest BCUT2D eigenvalue weighted by Crippen LogP contribution is 2.30. The number of hydrazine groups is 1. The van der Waals surface area contributed by atoms with Crippen molar-refractivity contribution in [3.63, 3.8) is 0 Å². The number of nitrogens with one attached hydrogen (secondary N) is 3. The molecule has 1 aromatic heterocycles. The SMILES string of the molecule is Cc1c(C(=O)NNC(=O)c2ccc(NC(=O)C3CC3)cc2)oc2ccccc12. The summed E-state index contributed by atoms with van der Waals surface area (Å²) in [6.45, 7) is 1.79. The lowest BCUT2D eigenvalue weighted by Gasteiger charge is -2.08. The monoisotopic (exact) mass is 377 g/mol. The van der Waals surface area contributed by atoms with Crippen LogP contribution in [0.15, 0.2) is 52.9 Å². The van der Waals surface area contributed by atoms with E-state index < -0.39 is 11.8 Å². The summed E-state index contributed by atoms with van der Waals surface area (Å²) in [5.74, 6) is -0.734. The van der Waals surface area contributed by atoms with Gasteiger partial charge in [0.25, 0.3) is 5.91 Å². The third-order valence-electron chi connectivity index (χ3n) is 4.70. The minimum Gasteiger partial charge on any atom is -0.451 e. The number of hydrogen-bond donors (Lipinski definition) is 3. The number of amides is 3. The molecule has 0 atom stereocenters. The van der Waals surface area contributed by atoms with Gasteiger partial charge in [-0.25, -0.2) is 0 Å². The molecule has 3 aromatic rings. The standard InChI is InChI=1S/C21H19N3O4/c1-12-16-4-2-3-5-17(16)28-18(12)21(27)24-23-20(26)14-8-10-15(11-9-14)22-19(25)13-6-7-13/h2-5,8-11,13H,6-7H2,1H3,(H,22,25)(H,23,26)(H,24,27). The minimum atomic E-state index is -0.532. The van der Waals surface area contributed by atoms with Crippen molar-refractivity contribution in [3.05, 3.63) is 65.4 Å². The van der Waals surface area contributed by atoms with Crippen molar-refractivity contribution in [2.45, 2.75) is 19.8 Å². The molecule has 28 heavy (non-hydrogen) atoms. The summed E-state index contributed by atoms with van der Waals surface area (Å²) in [5.41, 5.74) is 7.04. The Balaban J connectivity index is 1.37. The van der Waals surface area contributed by atoms with E-state index in [-0.39, 0.29) is 17.6 Å². The first-order valence-electron chi connectivity index (χ1n) is 9.02. The van der Waals surface area contributed by atoms with Crippen molar-refractivity contribution in [3.8, 4) is 0 Å². The Morgan fingerprint density at radius 1 is 0.929 bits per heavy atom. The zero-order chi connectivity index (χ0) is 19.7. The van der Waals surface area contributed by atoms with Crippen LogP contribution >= 0.6 is 0 Å². The zero-order valence-electron chi connectivity index (χ0n) is 15.2. The van der Waals surface area contributed by atoms with Crippen molar-refractivity contribution < 1.29 is 18.8 Å². The molecule has 1 aliphatic carbocycles. The van der Waals surface area contributed by atoms with Gasteiger partial charge in [0, 0.05) is 28.1 Å². The molecule has 3 N–H and O–H groups in total. The number of anilines is 1. The molecule has 0 unspecified atom stereocenters. The summed E-state index contributed by atoms with van der Waals surface area (Å²) in [4.78, 5) is 36.3. The smallest absolute Gasteiger partial charge is 0.305 e. The van der Waals surface area contributed by atoms with Crippen LogP contribution in [0.25, 0.3) is 11.0 Å². The van der Waals surface area contributed by atoms with E-state index in [1.807, 2.05) is 18.2 Å². The number of hydrogen-bond acceptors (Lipinski definition) is 4. The Kier molecular flexibility index (Phi) is 4.57. The molecule has 1 fully saturated rings. The number of aryl methyl sites for hydroxylation is 1. The van der Waals surface area contributed by atoms with Crippen LogP contribution in [-0.4, -0.2) is 17.7 Å². The fraction of sp³-hybridized carbons (Fsp3) is 0.190. The molecular weight excluding hydrogens is 358 g/mol. The fourth-order valence-electron chi connectivity index (χ4n) is 2.93. The maximum atomic E-state index is 12.3. The van der Waals surface area contributed by atoms with Crippen molar-refractivity contribution >= 4 is 34.4 Å². The van der Waals surface area contributed by atoms with Gasteiger partial charge in [-0.05, 0) is 50.1 Å². The molecule has 1 saturated carbocycles. The number of carbonyl (C=O) groups excluding carboxylic acids is 3. The van der Waals surface area contributed by atoms with E-state index in [1.54, 1.807) is 37.3 Å². The number of benzene rings is 2. The minimum absolute atomic E-state index is 0.00525. The lowest BCUT2D eigenvalue weighted by molar-refractivity contribution is -0.117. The fourth-order valence-corrected chi connectivity index (χ4v) is 2.93. The second kappa shape index (κ2) is 7.19. The number of carbonyl (C=O) groups is 3. The Labute approximate surface area is 161 Å². The van der Waals surface area contributed by atoms with Crippen molar-refractivity contribution in [2.75, 3.05) is 5.32 Å². The van der Waals surface area contributed by atoms with Gasteiger partial charge in [0.2, 0.25) is 5.91 Å². The van der Waals surface area contributed by atoms with Crippen LogP contribution in [0.3, 0.4) is 0 Å². The van der Waals surface area contributed by atoms with Crippen molar-refractivity contribution in [2.24, 2.45) is 5.92 Å². The Hall–Kier alpha value is -3.61. The summed E-state index contributed by atoms with van der Waals surface area (Å²) >= 11 is 0. The molecule has 4 rings (SSSR count).